The second-order valence-corrected chi connectivity index (χ2v) is 7.80. The molecule has 0 aromatic carbocycles. The van der Waals surface area contributed by atoms with E-state index in [4.69, 9.17) is 5.11 Å². The zero-order valence-electron chi connectivity index (χ0n) is 12.5. The molecule has 1 atom stereocenters. The zero-order valence-corrected chi connectivity index (χ0v) is 13.3. The van der Waals surface area contributed by atoms with E-state index in [0.717, 1.165) is 31.9 Å². The first-order valence-corrected chi connectivity index (χ1v) is 8.78. The van der Waals surface area contributed by atoms with Gasteiger partial charge in [-0.15, -0.1) is 0 Å². The van der Waals surface area contributed by atoms with Gasteiger partial charge in [-0.25, -0.2) is 4.79 Å². The van der Waals surface area contributed by atoms with E-state index < -0.39 is 16.2 Å². The van der Waals surface area contributed by atoms with Crippen LogP contribution in [0.25, 0.3) is 0 Å². The fraction of sp³-hybridized carbons (Fsp3) is 0.923. The molecule has 1 rings (SSSR count). The van der Waals surface area contributed by atoms with Gasteiger partial charge in [0.1, 0.15) is 0 Å². The minimum absolute atomic E-state index is 0.232. The lowest BCUT2D eigenvalue weighted by Gasteiger charge is -2.28. The van der Waals surface area contributed by atoms with Crippen LogP contribution in [0.1, 0.15) is 46.0 Å². The molecule has 0 unspecified atom stereocenters. The van der Waals surface area contributed by atoms with Crippen LogP contribution in [0.4, 0.5) is 4.79 Å². The van der Waals surface area contributed by atoms with Crippen LogP contribution in [-0.2, 0) is 14.3 Å². The summed E-state index contributed by atoms with van der Waals surface area (Å²) < 4.78 is 26.2. The van der Waals surface area contributed by atoms with Gasteiger partial charge in [-0.1, -0.05) is 12.8 Å². The van der Waals surface area contributed by atoms with Crippen LogP contribution in [0.15, 0.2) is 0 Å². The van der Waals surface area contributed by atoms with Crippen molar-refractivity contribution in [2.24, 2.45) is 5.92 Å². The van der Waals surface area contributed by atoms with Gasteiger partial charge >= 0.3 is 6.09 Å². The molecule has 0 aliphatic carbocycles. The van der Waals surface area contributed by atoms with Crippen LogP contribution < -0.4 is 0 Å². The molecule has 0 spiro atoms. The van der Waals surface area contributed by atoms with E-state index in [2.05, 4.69) is 4.18 Å². The molecular formula is C13H25NO5S. The van der Waals surface area contributed by atoms with Gasteiger partial charge in [0.25, 0.3) is 10.1 Å². The predicted octanol–water partition coefficient (Wildman–Crippen LogP) is 2.30. The Morgan fingerprint density at radius 3 is 2.50 bits per heavy atom. The van der Waals surface area contributed by atoms with Crippen LogP contribution in [0.2, 0.25) is 0 Å². The molecule has 1 aliphatic rings. The quantitative estimate of drug-likeness (QED) is 0.576. The molecule has 7 heteroatoms. The fourth-order valence-corrected chi connectivity index (χ4v) is 3.26. The Morgan fingerprint density at radius 1 is 1.35 bits per heavy atom. The minimum Gasteiger partial charge on any atom is -0.465 e. The van der Waals surface area contributed by atoms with E-state index in [0.29, 0.717) is 18.9 Å². The molecule has 0 saturated carbocycles. The van der Waals surface area contributed by atoms with Crippen LogP contribution in [0.3, 0.4) is 0 Å². The van der Waals surface area contributed by atoms with Gasteiger partial charge in [-0.2, -0.15) is 8.42 Å². The van der Waals surface area contributed by atoms with Crippen LogP contribution in [-0.4, -0.2) is 49.5 Å². The van der Waals surface area contributed by atoms with Crippen molar-refractivity contribution in [3.05, 3.63) is 0 Å². The van der Waals surface area contributed by atoms with Crippen molar-refractivity contribution in [1.29, 1.82) is 0 Å². The Hall–Kier alpha value is -0.820. The molecule has 0 bridgehead atoms. The molecule has 118 valence electrons. The molecule has 1 heterocycles. The highest BCUT2D eigenvalue weighted by Gasteiger charge is 2.40. The SMILES string of the molecule is CC1(C)C[C@H](CCCCCOS(C)(=O)=O)CN1C(=O)O. The largest absolute Gasteiger partial charge is 0.465 e. The van der Waals surface area contributed by atoms with Crippen molar-refractivity contribution in [2.45, 2.75) is 51.5 Å². The van der Waals surface area contributed by atoms with Crippen molar-refractivity contribution in [3.8, 4) is 0 Å². The Balaban J connectivity index is 2.20. The fourth-order valence-electron chi connectivity index (χ4n) is 2.84. The molecule has 20 heavy (non-hydrogen) atoms. The molecule has 1 N–H and O–H groups in total. The van der Waals surface area contributed by atoms with Crippen molar-refractivity contribution in [3.63, 3.8) is 0 Å². The minimum atomic E-state index is -3.33. The predicted molar refractivity (Wildman–Crippen MR) is 76.2 cm³/mol. The number of hydrogen-bond acceptors (Lipinski definition) is 4. The Morgan fingerprint density at radius 2 is 2.00 bits per heavy atom. The smallest absolute Gasteiger partial charge is 0.407 e. The Bertz CT molecular complexity index is 432. The summed E-state index contributed by atoms with van der Waals surface area (Å²) in [5, 5.41) is 9.14. The zero-order chi connectivity index (χ0) is 15.4. The summed E-state index contributed by atoms with van der Waals surface area (Å²) >= 11 is 0. The average Bonchev–Trinajstić information content (AvgIpc) is 2.57. The number of unbranched alkanes of at least 4 members (excludes halogenated alkanes) is 2. The van der Waals surface area contributed by atoms with Crippen molar-refractivity contribution in [2.75, 3.05) is 19.4 Å². The first-order valence-electron chi connectivity index (χ1n) is 6.97. The number of rotatable bonds is 7. The van der Waals surface area contributed by atoms with Gasteiger partial charge in [0.2, 0.25) is 0 Å². The van der Waals surface area contributed by atoms with Gasteiger partial charge in [-0.05, 0) is 39.0 Å². The molecule has 0 radical (unpaired) electrons. The lowest BCUT2D eigenvalue weighted by molar-refractivity contribution is 0.117. The van der Waals surface area contributed by atoms with Gasteiger partial charge in [-0.3, -0.25) is 4.18 Å². The van der Waals surface area contributed by atoms with E-state index in [1.54, 1.807) is 0 Å². The summed E-state index contributed by atoms with van der Waals surface area (Å²) in [5.74, 6) is 0.400. The molecule has 0 aromatic rings. The van der Waals surface area contributed by atoms with Crippen molar-refractivity contribution in [1.82, 2.24) is 4.90 Å². The first kappa shape index (κ1) is 17.2. The maximum absolute atomic E-state index is 11.1. The number of likely N-dealkylation sites (tertiary alicyclic amines) is 1. The molecular weight excluding hydrogens is 282 g/mol. The van der Waals surface area contributed by atoms with E-state index >= 15 is 0 Å². The summed E-state index contributed by atoms with van der Waals surface area (Å²) in [5.41, 5.74) is -0.282. The van der Waals surface area contributed by atoms with Crippen LogP contribution >= 0.6 is 0 Å². The second kappa shape index (κ2) is 6.76. The standard InChI is InChI=1S/C13H25NO5S/c1-13(2)9-11(10-14(13)12(15)16)7-5-4-6-8-19-20(3,17)18/h11H,4-10H2,1-3H3,(H,15,16)/t11-/m0/s1. The number of carboxylic acid groups (broad SMARTS) is 1. The molecule has 1 amide bonds. The topological polar surface area (TPSA) is 83.9 Å². The summed E-state index contributed by atoms with van der Waals surface area (Å²) in [7, 11) is -3.33. The highest BCUT2D eigenvalue weighted by atomic mass is 32.2. The first-order chi connectivity index (χ1) is 9.12. The number of carbonyl (C=O) groups is 1. The van der Waals surface area contributed by atoms with Crippen LogP contribution in [0.5, 0.6) is 0 Å². The van der Waals surface area contributed by atoms with Gasteiger partial charge in [0.05, 0.1) is 12.9 Å². The van der Waals surface area contributed by atoms with Gasteiger partial charge in [0.15, 0.2) is 0 Å². The monoisotopic (exact) mass is 307 g/mol. The number of hydrogen-bond donors (Lipinski definition) is 1. The second-order valence-electron chi connectivity index (χ2n) is 6.15. The Kier molecular flexibility index (Phi) is 5.82. The molecule has 1 fully saturated rings. The molecule has 6 nitrogen and oxygen atoms in total. The summed E-state index contributed by atoms with van der Waals surface area (Å²) in [6, 6.07) is 0. The van der Waals surface area contributed by atoms with Crippen LogP contribution in [0, 0.1) is 5.92 Å². The number of amides is 1. The lowest BCUT2D eigenvalue weighted by Crippen LogP contribution is -2.41. The van der Waals surface area contributed by atoms with Crippen molar-refractivity contribution >= 4 is 16.2 Å². The van der Waals surface area contributed by atoms with E-state index in [1.807, 2.05) is 13.8 Å². The summed E-state index contributed by atoms with van der Waals surface area (Å²) in [6.45, 7) is 4.75. The number of nitrogens with zero attached hydrogens (tertiary/aromatic N) is 1. The van der Waals surface area contributed by atoms with E-state index in [-0.39, 0.29) is 12.1 Å². The molecule has 0 aromatic heterocycles. The van der Waals surface area contributed by atoms with Crippen molar-refractivity contribution < 1.29 is 22.5 Å². The lowest BCUT2D eigenvalue weighted by atomic mass is 9.93. The maximum atomic E-state index is 11.1. The third-order valence-corrected chi connectivity index (χ3v) is 4.34. The van der Waals surface area contributed by atoms with Gasteiger partial charge < -0.3 is 10.0 Å². The molecule has 1 saturated heterocycles. The maximum Gasteiger partial charge on any atom is 0.407 e. The average molecular weight is 307 g/mol. The normalized spacial score (nSPS) is 22.1. The summed E-state index contributed by atoms with van der Waals surface area (Å²) in [4.78, 5) is 12.6. The van der Waals surface area contributed by atoms with E-state index in [1.165, 1.54) is 4.90 Å². The third kappa shape index (κ3) is 5.66. The highest BCUT2D eigenvalue weighted by Crippen LogP contribution is 2.35. The van der Waals surface area contributed by atoms with E-state index in [9.17, 15) is 13.2 Å². The highest BCUT2D eigenvalue weighted by molar-refractivity contribution is 7.85. The Labute approximate surface area is 121 Å². The van der Waals surface area contributed by atoms with Gasteiger partial charge in [0, 0.05) is 12.1 Å². The summed E-state index contributed by atoms with van der Waals surface area (Å²) in [6.07, 6.45) is 4.66. The molecule has 1 aliphatic heterocycles. The third-order valence-electron chi connectivity index (χ3n) is 3.74.